The van der Waals surface area contributed by atoms with E-state index >= 15 is 0 Å². The molecule has 0 fully saturated rings. The number of aromatic nitrogens is 1. The number of hydrogen-bond acceptors (Lipinski definition) is 9. The summed E-state index contributed by atoms with van der Waals surface area (Å²) in [6.07, 6.45) is 0. The van der Waals surface area contributed by atoms with Gasteiger partial charge in [-0.05, 0) is 48.6 Å². The molecule has 1 aliphatic heterocycles. The number of carbonyl (C=O) groups excluding carboxylic acids is 1. The van der Waals surface area contributed by atoms with E-state index in [9.17, 15) is 25.1 Å². The number of benzene rings is 2. The summed E-state index contributed by atoms with van der Waals surface area (Å²) >= 11 is 0.874. The van der Waals surface area contributed by atoms with Crippen LogP contribution in [0.1, 0.15) is 39.5 Å². The maximum Gasteiger partial charge on any atom is 0.284 e. The Morgan fingerprint density at radius 1 is 1.29 bits per heavy atom. The Labute approximate surface area is 204 Å². The highest BCUT2D eigenvalue weighted by molar-refractivity contribution is 7.11. The summed E-state index contributed by atoms with van der Waals surface area (Å²) in [5.41, 5.74) is 3.12. The van der Waals surface area contributed by atoms with Crippen LogP contribution >= 0.6 is 11.5 Å². The molecule has 0 radical (unpaired) electrons. The molecule has 5 N–H and O–H groups in total. The van der Waals surface area contributed by atoms with Crippen LogP contribution in [0, 0.1) is 22.4 Å². The lowest BCUT2D eigenvalue weighted by molar-refractivity contribution is -0.385. The minimum atomic E-state index is -0.608. The third kappa shape index (κ3) is 4.93. The van der Waals surface area contributed by atoms with Crippen molar-refractivity contribution in [1.82, 2.24) is 14.6 Å². The van der Waals surface area contributed by atoms with Gasteiger partial charge >= 0.3 is 0 Å². The molecule has 2 aromatic carbocycles. The first-order valence-electron chi connectivity index (χ1n) is 10.8. The molecule has 2 heterocycles. The number of amides is 1. The molecule has 12 heteroatoms. The van der Waals surface area contributed by atoms with Crippen molar-refractivity contribution in [2.45, 2.75) is 33.0 Å². The number of aryl methyl sites for hydroxylation is 1. The molecule has 4 rings (SSSR count). The van der Waals surface area contributed by atoms with Crippen LogP contribution in [0.4, 0.5) is 16.4 Å². The van der Waals surface area contributed by atoms with E-state index < -0.39 is 16.9 Å². The fraction of sp³-hybridized carbons (Fsp3) is 0.261. The Bertz CT molecular complexity index is 1320. The quantitative estimate of drug-likeness (QED) is 0.144. The third-order valence-corrected chi connectivity index (χ3v) is 6.40. The number of amidine groups is 1. The highest BCUT2D eigenvalue weighted by Crippen LogP contribution is 2.35. The number of nitro benzene ring substituents is 1. The maximum absolute atomic E-state index is 13.2. The first-order valence-corrected chi connectivity index (χ1v) is 11.5. The lowest BCUT2D eigenvalue weighted by Crippen LogP contribution is -2.35. The summed E-state index contributed by atoms with van der Waals surface area (Å²) in [6.45, 7) is 4.19. The number of anilines is 2. The van der Waals surface area contributed by atoms with Crippen LogP contribution in [-0.4, -0.2) is 48.8 Å². The minimum absolute atomic E-state index is 0.0244. The molecule has 0 saturated heterocycles. The van der Waals surface area contributed by atoms with Crippen LogP contribution in [0.15, 0.2) is 36.4 Å². The lowest BCUT2D eigenvalue weighted by atomic mass is 10.1. The number of rotatable bonds is 7. The smallest absolute Gasteiger partial charge is 0.284 e. The average molecular weight is 497 g/mol. The summed E-state index contributed by atoms with van der Waals surface area (Å²) in [5, 5.41) is 45.3. The summed E-state index contributed by atoms with van der Waals surface area (Å²) in [6, 6.07) is 9.70. The van der Waals surface area contributed by atoms with Gasteiger partial charge in [-0.2, -0.15) is 4.37 Å². The Morgan fingerprint density at radius 3 is 2.74 bits per heavy atom. The zero-order chi connectivity index (χ0) is 25.3. The number of hydrogen-bond donors (Lipinski definition) is 5. The van der Waals surface area contributed by atoms with Crippen molar-refractivity contribution < 1.29 is 19.9 Å². The summed E-state index contributed by atoms with van der Waals surface area (Å²) < 4.78 is 3.85. The van der Waals surface area contributed by atoms with Crippen LogP contribution in [0.25, 0.3) is 0 Å². The van der Waals surface area contributed by atoms with E-state index in [-0.39, 0.29) is 40.1 Å². The topological polar surface area (TPSA) is 165 Å². The van der Waals surface area contributed by atoms with E-state index in [4.69, 9.17) is 5.41 Å². The second-order valence-corrected chi connectivity index (χ2v) is 9.13. The minimum Gasteiger partial charge on any atom is -0.492 e. The molecule has 0 saturated carbocycles. The number of nitrogens with one attached hydrogen (secondary N) is 3. The molecule has 0 bridgehead atoms. The van der Waals surface area contributed by atoms with Gasteiger partial charge in [0.05, 0.1) is 11.5 Å². The van der Waals surface area contributed by atoms with Crippen molar-refractivity contribution in [3.05, 3.63) is 74.3 Å². The van der Waals surface area contributed by atoms with E-state index in [1.165, 1.54) is 18.2 Å². The fourth-order valence-electron chi connectivity index (χ4n) is 3.87. The lowest BCUT2D eigenvalue weighted by Gasteiger charge is -2.16. The molecule has 3 aromatic rings. The number of nitrogens with zero attached hydrogens (tertiary/aromatic N) is 3. The Morgan fingerprint density at radius 2 is 2.03 bits per heavy atom. The zero-order valence-corrected chi connectivity index (χ0v) is 19.8. The molecule has 1 amide bonds. The number of aliphatic hydroxyl groups excluding tert-OH is 1. The van der Waals surface area contributed by atoms with E-state index in [1.807, 2.05) is 25.1 Å². The molecule has 1 atom stereocenters. The number of fused-ring (bicyclic) bond motifs is 1. The van der Waals surface area contributed by atoms with Gasteiger partial charge < -0.3 is 25.7 Å². The van der Waals surface area contributed by atoms with Crippen molar-refractivity contribution in [2.24, 2.45) is 0 Å². The Kier molecular flexibility index (Phi) is 6.67. The Balaban J connectivity index is 1.58. The van der Waals surface area contributed by atoms with E-state index in [2.05, 4.69) is 15.0 Å². The van der Waals surface area contributed by atoms with Gasteiger partial charge in [-0.3, -0.25) is 20.3 Å². The zero-order valence-electron chi connectivity index (χ0n) is 19.0. The monoisotopic (exact) mass is 496 g/mol. The standard InChI is InChI=1S/C23H24N6O5S/c1-12-3-4-14-9-28(10-15(14)7-12)23(32)17-6-5-16(8-18(17)29(33)34)26-22-19(21(31)27-35-22)20(24)25-13(2)11-30/h3-8,13,26,30H,9-11H2,1-2H3,(H2,24,25)(H,27,31). The van der Waals surface area contributed by atoms with E-state index in [0.717, 1.165) is 28.2 Å². The number of carbonyl (C=O) groups is 1. The van der Waals surface area contributed by atoms with Crippen molar-refractivity contribution in [1.29, 1.82) is 5.41 Å². The molecular weight excluding hydrogens is 472 g/mol. The molecule has 11 nitrogen and oxygen atoms in total. The maximum atomic E-state index is 13.2. The second-order valence-electron chi connectivity index (χ2n) is 8.36. The van der Waals surface area contributed by atoms with Crippen LogP contribution in [0.3, 0.4) is 0 Å². The van der Waals surface area contributed by atoms with Gasteiger partial charge in [0.15, 0.2) is 0 Å². The van der Waals surface area contributed by atoms with Crippen molar-refractivity contribution in [3.8, 4) is 5.88 Å². The highest BCUT2D eigenvalue weighted by atomic mass is 32.1. The molecule has 1 aliphatic rings. The first-order chi connectivity index (χ1) is 16.7. The third-order valence-electron chi connectivity index (χ3n) is 5.64. The first kappa shape index (κ1) is 24.1. The molecule has 182 valence electrons. The Hall–Kier alpha value is -4.03. The van der Waals surface area contributed by atoms with Gasteiger partial charge in [0.2, 0.25) is 5.88 Å². The van der Waals surface area contributed by atoms with Crippen LogP contribution < -0.4 is 10.6 Å². The van der Waals surface area contributed by atoms with Crippen molar-refractivity contribution >= 4 is 39.7 Å². The predicted molar refractivity (Wildman–Crippen MR) is 131 cm³/mol. The number of aliphatic hydroxyl groups is 1. The van der Waals surface area contributed by atoms with E-state index in [0.29, 0.717) is 18.8 Å². The SMILES string of the molecule is Cc1ccc2c(c1)CN(C(=O)c1ccc(Nc3snc(O)c3C(=N)NC(C)CO)cc1[N+](=O)[O-])C2. The van der Waals surface area contributed by atoms with Gasteiger partial charge in [0.25, 0.3) is 11.6 Å². The van der Waals surface area contributed by atoms with Crippen LogP contribution in [0.5, 0.6) is 5.88 Å². The van der Waals surface area contributed by atoms with Gasteiger partial charge in [-0.1, -0.05) is 23.8 Å². The summed E-state index contributed by atoms with van der Waals surface area (Å²) in [4.78, 5) is 26.0. The molecule has 35 heavy (non-hydrogen) atoms. The van der Waals surface area contributed by atoms with Gasteiger partial charge in [0, 0.05) is 30.9 Å². The summed E-state index contributed by atoms with van der Waals surface area (Å²) in [5.74, 6) is -0.979. The van der Waals surface area contributed by atoms with E-state index in [1.54, 1.807) is 11.8 Å². The normalized spacial score (nSPS) is 13.3. The van der Waals surface area contributed by atoms with Crippen LogP contribution in [0.2, 0.25) is 0 Å². The molecule has 1 unspecified atom stereocenters. The van der Waals surface area contributed by atoms with Gasteiger partial charge in [0.1, 0.15) is 22.0 Å². The van der Waals surface area contributed by atoms with Crippen molar-refractivity contribution in [3.63, 3.8) is 0 Å². The summed E-state index contributed by atoms with van der Waals surface area (Å²) in [7, 11) is 0. The number of aromatic hydroxyl groups is 1. The molecule has 0 aliphatic carbocycles. The fourth-order valence-corrected chi connectivity index (χ4v) is 4.58. The predicted octanol–water partition coefficient (Wildman–Crippen LogP) is 3.26. The molecule has 0 spiro atoms. The van der Waals surface area contributed by atoms with Crippen molar-refractivity contribution in [2.75, 3.05) is 11.9 Å². The number of nitro groups is 1. The van der Waals surface area contributed by atoms with Gasteiger partial charge in [-0.15, -0.1) is 0 Å². The highest BCUT2D eigenvalue weighted by Gasteiger charge is 2.30. The molecule has 1 aromatic heterocycles. The molecular formula is C23H24N6O5S. The van der Waals surface area contributed by atoms with Crippen LogP contribution in [-0.2, 0) is 13.1 Å². The largest absolute Gasteiger partial charge is 0.492 e. The average Bonchev–Trinajstić information content (AvgIpc) is 3.41. The van der Waals surface area contributed by atoms with Gasteiger partial charge in [-0.25, -0.2) is 0 Å². The second kappa shape index (κ2) is 9.68.